The van der Waals surface area contributed by atoms with Crippen LogP contribution in [0, 0.1) is 5.92 Å². The normalized spacial score (nSPS) is 14.2. The number of rotatable bonds is 7. The molecule has 0 spiro atoms. The first-order chi connectivity index (χ1) is 6.89. The lowest BCUT2D eigenvalue weighted by Gasteiger charge is -2.25. The largest absolute Gasteiger partial charge is 0.481 e. The fourth-order valence-electron chi connectivity index (χ4n) is 1.34. The first kappa shape index (κ1) is 14.6. The predicted molar refractivity (Wildman–Crippen MR) is 57.1 cm³/mol. The minimum absolute atomic E-state index is 0.174. The smallest absolute Gasteiger partial charge is 0.345 e. The fourth-order valence-corrected chi connectivity index (χ4v) is 3.46. The molecule has 0 amide bonds. The highest BCUT2D eigenvalue weighted by Gasteiger charge is 2.43. The minimum Gasteiger partial charge on any atom is -0.481 e. The Labute approximate surface area is 90.3 Å². The highest BCUT2D eigenvalue weighted by atomic mass is 31.2. The van der Waals surface area contributed by atoms with E-state index in [4.69, 9.17) is 14.2 Å². The molecule has 0 aromatic carbocycles. The van der Waals surface area contributed by atoms with Crippen molar-refractivity contribution in [3.05, 3.63) is 0 Å². The molecule has 0 fully saturated rings. The third kappa shape index (κ3) is 3.93. The zero-order valence-electron chi connectivity index (χ0n) is 9.60. The van der Waals surface area contributed by atoms with Crippen LogP contribution in [0.15, 0.2) is 0 Å². The van der Waals surface area contributed by atoms with Gasteiger partial charge in [-0.05, 0) is 19.8 Å². The Balaban J connectivity index is 4.99. The number of hydrogen-bond acceptors (Lipinski definition) is 4. The summed E-state index contributed by atoms with van der Waals surface area (Å²) < 4.78 is 22.2. The lowest BCUT2D eigenvalue weighted by molar-refractivity contribution is -0.137. The van der Waals surface area contributed by atoms with E-state index < -0.39 is 19.2 Å². The molecule has 0 aliphatic heterocycles. The van der Waals surface area contributed by atoms with Crippen molar-refractivity contribution in [2.75, 3.05) is 13.2 Å². The highest BCUT2D eigenvalue weighted by Crippen LogP contribution is 2.55. The Morgan fingerprint density at radius 2 is 1.67 bits per heavy atom. The summed E-state index contributed by atoms with van der Waals surface area (Å²) in [7, 11) is -3.54. The summed E-state index contributed by atoms with van der Waals surface area (Å²) in [6.45, 7) is 7.03. The molecule has 0 saturated carbocycles. The van der Waals surface area contributed by atoms with Gasteiger partial charge in [-0.1, -0.05) is 13.8 Å². The van der Waals surface area contributed by atoms with Gasteiger partial charge in [0, 0.05) is 0 Å². The van der Waals surface area contributed by atoms with E-state index in [1.165, 1.54) is 0 Å². The summed E-state index contributed by atoms with van der Waals surface area (Å²) in [5.41, 5.74) is -1.10. The molecule has 0 aromatic rings. The van der Waals surface area contributed by atoms with Gasteiger partial charge in [0.05, 0.1) is 13.2 Å². The summed E-state index contributed by atoms with van der Waals surface area (Å²) in [6.07, 6.45) is 0. The molecule has 0 aliphatic rings. The second kappa shape index (κ2) is 6.26. The molecule has 6 heteroatoms. The molecule has 1 atom stereocenters. The maximum atomic E-state index is 12.2. The topological polar surface area (TPSA) is 72.8 Å². The van der Waals surface area contributed by atoms with Crippen LogP contribution in [0.25, 0.3) is 0 Å². The third-order valence-corrected chi connectivity index (χ3v) is 4.58. The van der Waals surface area contributed by atoms with Gasteiger partial charge in [-0.2, -0.15) is 0 Å². The first-order valence-electron chi connectivity index (χ1n) is 5.00. The maximum absolute atomic E-state index is 12.2. The number of carboxylic acids is 1. The Morgan fingerprint density at radius 3 is 1.87 bits per heavy atom. The summed E-state index contributed by atoms with van der Waals surface area (Å²) in [6, 6.07) is 0. The van der Waals surface area contributed by atoms with Crippen molar-refractivity contribution >= 4 is 13.6 Å². The van der Waals surface area contributed by atoms with Crippen molar-refractivity contribution < 1.29 is 23.5 Å². The standard InChI is InChI=1S/C9H19O5P/c1-5-13-15(12,14-6-2)8(7(3)4)9(10)11/h7-8H,5-6H2,1-4H3,(H,10,11)/t8-/m1/s1. The molecule has 90 valence electrons. The second-order valence-corrected chi connectivity index (χ2v) is 5.55. The lowest BCUT2D eigenvalue weighted by atomic mass is 10.1. The fraction of sp³-hybridized carbons (Fsp3) is 0.889. The van der Waals surface area contributed by atoms with Gasteiger partial charge in [-0.3, -0.25) is 9.36 Å². The van der Waals surface area contributed by atoms with Gasteiger partial charge in [-0.25, -0.2) is 0 Å². The van der Waals surface area contributed by atoms with Gasteiger partial charge < -0.3 is 14.2 Å². The second-order valence-electron chi connectivity index (χ2n) is 3.40. The van der Waals surface area contributed by atoms with E-state index in [-0.39, 0.29) is 19.1 Å². The molecule has 0 bridgehead atoms. The lowest BCUT2D eigenvalue weighted by Crippen LogP contribution is -2.28. The van der Waals surface area contributed by atoms with Crippen molar-refractivity contribution in [3.63, 3.8) is 0 Å². The summed E-state index contributed by atoms with van der Waals surface area (Å²) in [5, 5.41) is 9.00. The molecule has 15 heavy (non-hydrogen) atoms. The van der Waals surface area contributed by atoms with Crippen molar-refractivity contribution in [2.45, 2.75) is 33.4 Å². The van der Waals surface area contributed by atoms with E-state index >= 15 is 0 Å². The van der Waals surface area contributed by atoms with Crippen LogP contribution in [-0.4, -0.2) is 29.9 Å². The number of carbonyl (C=O) groups is 1. The molecule has 0 saturated heterocycles. The summed E-state index contributed by atoms with van der Waals surface area (Å²) in [4.78, 5) is 11.0. The van der Waals surface area contributed by atoms with E-state index in [2.05, 4.69) is 0 Å². The SMILES string of the molecule is CCOP(=O)(OCC)[C@@H](C(=O)O)C(C)C. The van der Waals surface area contributed by atoms with Crippen LogP contribution >= 0.6 is 7.60 Å². The van der Waals surface area contributed by atoms with E-state index in [0.29, 0.717) is 0 Å². The van der Waals surface area contributed by atoms with E-state index in [9.17, 15) is 9.36 Å². The van der Waals surface area contributed by atoms with Crippen LogP contribution in [0.5, 0.6) is 0 Å². The molecule has 5 nitrogen and oxygen atoms in total. The number of hydrogen-bond donors (Lipinski definition) is 1. The molecule has 1 N–H and O–H groups in total. The van der Waals surface area contributed by atoms with E-state index in [0.717, 1.165) is 0 Å². The van der Waals surface area contributed by atoms with Gasteiger partial charge in [-0.15, -0.1) is 0 Å². The van der Waals surface area contributed by atoms with E-state index in [1.54, 1.807) is 27.7 Å². The Hall–Kier alpha value is -0.380. The van der Waals surface area contributed by atoms with Gasteiger partial charge in [0.25, 0.3) is 0 Å². The number of carboxylic acid groups (broad SMARTS) is 1. The average Bonchev–Trinajstić information content (AvgIpc) is 2.02. The monoisotopic (exact) mass is 238 g/mol. The Bertz CT molecular complexity index is 241. The van der Waals surface area contributed by atoms with Crippen LogP contribution < -0.4 is 0 Å². The number of aliphatic carboxylic acids is 1. The molecule has 0 rings (SSSR count). The molecule has 0 unspecified atom stereocenters. The maximum Gasteiger partial charge on any atom is 0.345 e. The zero-order valence-corrected chi connectivity index (χ0v) is 10.5. The highest BCUT2D eigenvalue weighted by molar-refractivity contribution is 7.55. The van der Waals surface area contributed by atoms with Crippen LogP contribution in [0.3, 0.4) is 0 Å². The van der Waals surface area contributed by atoms with Crippen LogP contribution in [-0.2, 0) is 18.4 Å². The molecule has 0 aliphatic carbocycles. The Morgan fingerprint density at radius 1 is 1.27 bits per heavy atom. The van der Waals surface area contributed by atoms with Gasteiger partial charge >= 0.3 is 13.6 Å². The van der Waals surface area contributed by atoms with Gasteiger partial charge in [0.2, 0.25) is 0 Å². The van der Waals surface area contributed by atoms with Gasteiger partial charge in [0.1, 0.15) is 0 Å². The first-order valence-corrected chi connectivity index (χ1v) is 6.61. The molecule has 0 radical (unpaired) electrons. The molecular weight excluding hydrogens is 219 g/mol. The van der Waals surface area contributed by atoms with Crippen LogP contribution in [0.1, 0.15) is 27.7 Å². The summed E-state index contributed by atoms with van der Waals surface area (Å²) in [5.74, 6) is -1.44. The van der Waals surface area contributed by atoms with Crippen LogP contribution in [0.2, 0.25) is 0 Å². The molecule has 0 aromatic heterocycles. The van der Waals surface area contributed by atoms with Crippen molar-refractivity contribution in [3.8, 4) is 0 Å². The van der Waals surface area contributed by atoms with Gasteiger partial charge in [0.15, 0.2) is 5.66 Å². The van der Waals surface area contributed by atoms with Crippen molar-refractivity contribution in [1.29, 1.82) is 0 Å². The molecular formula is C9H19O5P. The van der Waals surface area contributed by atoms with Crippen LogP contribution in [0.4, 0.5) is 0 Å². The minimum atomic E-state index is -3.54. The van der Waals surface area contributed by atoms with E-state index in [1.807, 2.05) is 0 Å². The summed E-state index contributed by atoms with van der Waals surface area (Å²) >= 11 is 0. The predicted octanol–water partition coefficient (Wildman–Crippen LogP) is 2.36. The third-order valence-electron chi connectivity index (χ3n) is 1.84. The van der Waals surface area contributed by atoms with Crippen molar-refractivity contribution in [2.24, 2.45) is 5.92 Å². The quantitative estimate of drug-likeness (QED) is 0.689. The molecule has 0 heterocycles. The van der Waals surface area contributed by atoms with Crippen molar-refractivity contribution in [1.82, 2.24) is 0 Å². The zero-order chi connectivity index (χ0) is 12.1. The Kier molecular flexibility index (Phi) is 6.10. The average molecular weight is 238 g/mol.